The second-order valence-corrected chi connectivity index (χ2v) is 4.96. The minimum atomic E-state index is -0.980. The van der Waals surface area contributed by atoms with Gasteiger partial charge in [-0.3, -0.25) is 0 Å². The number of rotatable bonds is 5. The molecule has 0 saturated carbocycles. The topological polar surface area (TPSA) is 64.1 Å². The molecule has 102 valence electrons. The van der Waals surface area contributed by atoms with Crippen LogP contribution in [-0.2, 0) is 12.1 Å². The molecule has 0 aliphatic rings. The minimum Gasteiger partial charge on any atom is -0.384 e. The maximum absolute atomic E-state index is 10.7. The van der Waals surface area contributed by atoms with Gasteiger partial charge in [-0.25, -0.2) is 4.98 Å². The lowest BCUT2D eigenvalue weighted by Gasteiger charge is -2.27. The first kappa shape index (κ1) is 13.8. The molecule has 0 aliphatic carbocycles. The molecule has 0 radical (unpaired) electrons. The maximum atomic E-state index is 10.7. The first-order valence-corrected chi connectivity index (χ1v) is 6.53. The number of nitrogens with two attached hydrogens (primary N) is 1. The van der Waals surface area contributed by atoms with E-state index in [9.17, 15) is 5.11 Å². The standard InChI is InChI=1S/C15H21N3O/c1-12-13(2)18(11-17-12)9-8-15(19,10-16)14-6-4-3-5-7-14/h3-7,11,19H,8-10,16H2,1-2H3. The predicted octanol–water partition coefficient (Wildman–Crippen LogP) is 1.74. The summed E-state index contributed by atoms with van der Waals surface area (Å²) in [5.74, 6) is 0. The van der Waals surface area contributed by atoms with E-state index >= 15 is 0 Å². The van der Waals surface area contributed by atoms with E-state index in [1.54, 1.807) is 0 Å². The van der Waals surface area contributed by atoms with Gasteiger partial charge in [0.15, 0.2) is 0 Å². The lowest BCUT2D eigenvalue weighted by atomic mass is 9.90. The predicted molar refractivity (Wildman–Crippen MR) is 75.7 cm³/mol. The number of imidazole rings is 1. The van der Waals surface area contributed by atoms with Gasteiger partial charge in [0.05, 0.1) is 12.0 Å². The molecule has 1 aromatic heterocycles. The van der Waals surface area contributed by atoms with Crippen LogP contribution in [0.3, 0.4) is 0 Å². The van der Waals surface area contributed by atoms with E-state index in [2.05, 4.69) is 9.55 Å². The first-order valence-electron chi connectivity index (χ1n) is 6.53. The lowest BCUT2D eigenvalue weighted by Crippen LogP contribution is -2.36. The second kappa shape index (κ2) is 5.55. The molecule has 0 amide bonds. The molecule has 0 fully saturated rings. The van der Waals surface area contributed by atoms with Gasteiger partial charge in [-0.05, 0) is 25.8 Å². The smallest absolute Gasteiger partial charge is 0.103 e. The molecular weight excluding hydrogens is 238 g/mol. The van der Waals surface area contributed by atoms with Crippen LogP contribution in [0.1, 0.15) is 23.4 Å². The molecule has 1 heterocycles. The molecule has 19 heavy (non-hydrogen) atoms. The summed E-state index contributed by atoms with van der Waals surface area (Å²) in [5, 5.41) is 10.7. The van der Waals surface area contributed by atoms with Crippen molar-refractivity contribution < 1.29 is 5.11 Å². The Morgan fingerprint density at radius 2 is 1.95 bits per heavy atom. The molecule has 0 bridgehead atoms. The number of aromatic nitrogens is 2. The third-order valence-corrected chi connectivity index (χ3v) is 3.76. The van der Waals surface area contributed by atoms with Crippen molar-refractivity contribution in [3.63, 3.8) is 0 Å². The van der Waals surface area contributed by atoms with Crippen molar-refractivity contribution in [1.82, 2.24) is 9.55 Å². The Kier molecular flexibility index (Phi) is 4.02. The van der Waals surface area contributed by atoms with E-state index in [-0.39, 0.29) is 6.54 Å². The van der Waals surface area contributed by atoms with Gasteiger partial charge in [0, 0.05) is 18.8 Å². The monoisotopic (exact) mass is 259 g/mol. The number of aryl methyl sites for hydroxylation is 2. The highest BCUT2D eigenvalue weighted by Crippen LogP contribution is 2.24. The molecule has 4 heteroatoms. The summed E-state index contributed by atoms with van der Waals surface area (Å²) in [6, 6.07) is 9.60. The largest absolute Gasteiger partial charge is 0.384 e. The zero-order valence-corrected chi connectivity index (χ0v) is 11.5. The van der Waals surface area contributed by atoms with Crippen molar-refractivity contribution in [3.05, 3.63) is 53.6 Å². The zero-order chi connectivity index (χ0) is 13.9. The van der Waals surface area contributed by atoms with Crippen molar-refractivity contribution in [2.45, 2.75) is 32.4 Å². The summed E-state index contributed by atoms with van der Waals surface area (Å²) in [4.78, 5) is 4.27. The lowest BCUT2D eigenvalue weighted by molar-refractivity contribution is 0.0321. The molecule has 2 aromatic rings. The van der Waals surface area contributed by atoms with Crippen molar-refractivity contribution in [1.29, 1.82) is 0 Å². The fourth-order valence-corrected chi connectivity index (χ4v) is 2.19. The van der Waals surface area contributed by atoms with Crippen molar-refractivity contribution in [3.8, 4) is 0 Å². The normalized spacial score (nSPS) is 14.3. The SMILES string of the molecule is Cc1ncn(CCC(O)(CN)c2ccccc2)c1C. The van der Waals surface area contributed by atoms with E-state index < -0.39 is 5.60 Å². The van der Waals surface area contributed by atoms with Gasteiger partial charge in [0.2, 0.25) is 0 Å². The van der Waals surface area contributed by atoms with Crippen LogP contribution in [0.15, 0.2) is 36.7 Å². The van der Waals surface area contributed by atoms with Crippen LogP contribution < -0.4 is 5.73 Å². The van der Waals surface area contributed by atoms with Crippen LogP contribution >= 0.6 is 0 Å². The summed E-state index contributed by atoms with van der Waals surface area (Å²) in [5.41, 5.74) is 7.81. The molecule has 1 aromatic carbocycles. The molecule has 0 saturated heterocycles. The fourth-order valence-electron chi connectivity index (χ4n) is 2.19. The molecule has 1 atom stereocenters. The van der Waals surface area contributed by atoms with Gasteiger partial charge in [0.25, 0.3) is 0 Å². The molecular formula is C15H21N3O. The third kappa shape index (κ3) is 2.85. The molecule has 2 rings (SSSR count). The quantitative estimate of drug-likeness (QED) is 0.859. The van der Waals surface area contributed by atoms with Crippen LogP contribution in [-0.4, -0.2) is 21.2 Å². The van der Waals surface area contributed by atoms with Crippen LogP contribution in [0, 0.1) is 13.8 Å². The molecule has 4 nitrogen and oxygen atoms in total. The highest BCUT2D eigenvalue weighted by molar-refractivity contribution is 5.22. The van der Waals surface area contributed by atoms with Crippen molar-refractivity contribution in [2.24, 2.45) is 5.73 Å². The summed E-state index contributed by atoms with van der Waals surface area (Å²) >= 11 is 0. The molecule has 0 aliphatic heterocycles. The minimum absolute atomic E-state index is 0.212. The average Bonchev–Trinajstić information content (AvgIpc) is 2.77. The summed E-state index contributed by atoms with van der Waals surface area (Å²) in [6.45, 7) is 4.93. The third-order valence-electron chi connectivity index (χ3n) is 3.76. The zero-order valence-electron chi connectivity index (χ0n) is 11.5. The van der Waals surface area contributed by atoms with E-state index in [4.69, 9.17) is 5.73 Å². The van der Waals surface area contributed by atoms with Gasteiger partial charge in [-0.15, -0.1) is 0 Å². The van der Waals surface area contributed by atoms with Gasteiger partial charge >= 0.3 is 0 Å². The van der Waals surface area contributed by atoms with Gasteiger partial charge in [-0.2, -0.15) is 0 Å². The maximum Gasteiger partial charge on any atom is 0.103 e. The average molecular weight is 259 g/mol. The van der Waals surface area contributed by atoms with Gasteiger partial charge in [0.1, 0.15) is 5.60 Å². The molecule has 3 N–H and O–H groups in total. The van der Waals surface area contributed by atoms with Gasteiger partial charge < -0.3 is 15.4 Å². The first-order chi connectivity index (χ1) is 9.07. The van der Waals surface area contributed by atoms with E-state index in [0.717, 1.165) is 17.0 Å². The Hall–Kier alpha value is -1.65. The van der Waals surface area contributed by atoms with Gasteiger partial charge in [-0.1, -0.05) is 30.3 Å². The van der Waals surface area contributed by atoms with Crippen LogP contribution in [0.5, 0.6) is 0 Å². The number of hydrogen-bond acceptors (Lipinski definition) is 3. The Morgan fingerprint density at radius 3 is 2.47 bits per heavy atom. The van der Waals surface area contributed by atoms with Crippen molar-refractivity contribution >= 4 is 0 Å². The van der Waals surface area contributed by atoms with Crippen molar-refractivity contribution in [2.75, 3.05) is 6.54 Å². The summed E-state index contributed by atoms with van der Waals surface area (Å²) in [7, 11) is 0. The second-order valence-electron chi connectivity index (χ2n) is 4.96. The summed E-state index contributed by atoms with van der Waals surface area (Å²) < 4.78 is 2.05. The number of aliphatic hydroxyl groups is 1. The number of benzene rings is 1. The Morgan fingerprint density at radius 1 is 1.26 bits per heavy atom. The summed E-state index contributed by atoms with van der Waals surface area (Å²) in [6.07, 6.45) is 2.39. The van der Waals surface area contributed by atoms with E-state index in [1.807, 2.05) is 50.5 Å². The Labute approximate surface area is 113 Å². The number of hydrogen-bond donors (Lipinski definition) is 2. The van der Waals surface area contributed by atoms with Crippen LogP contribution in [0.2, 0.25) is 0 Å². The Bertz CT molecular complexity index is 536. The Balaban J connectivity index is 2.14. The van der Waals surface area contributed by atoms with Crippen LogP contribution in [0.4, 0.5) is 0 Å². The number of nitrogens with zero attached hydrogens (tertiary/aromatic N) is 2. The van der Waals surface area contributed by atoms with Crippen LogP contribution in [0.25, 0.3) is 0 Å². The van der Waals surface area contributed by atoms with E-state index in [1.165, 1.54) is 0 Å². The van der Waals surface area contributed by atoms with E-state index in [0.29, 0.717) is 13.0 Å². The highest BCUT2D eigenvalue weighted by Gasteiger charge is 2.27. The molecule has 1 unspecified atom stereocenters. The highest BCUT2D eigenvalue weighted by atomic mass is 16.3. The molecule has 0 spiro atoms. The fraction of sp³-hybridized carbons (Fsp3) is 0.400.